The normalized spacial score (nSPS) is 22.6. The zero-order valence-corrected chi connectivity index (χ0v) is 13.2. The van der Waals surface area contributed by atoms with Crippen molar-refractivity contribution in [3.05, 3.63) is 42.2 Å². The number of rotatable bonds is 2. The van der Waals surface area contributed by atoms with E-state index < -0.39 is 0 Å². The molecule has 3 heterocycles. The van der Waals surface area contributed by atoms with Gasteiger partial charge in [0.2, 0.25) is 0 Å². The van der Waals surface area contributed by atoms with Gasteiger partial charge in [0, 0.05) is 68.7 Å². The van der Waals surface area contributed by atoms with Crippen LogP contribution in [0.2, 0.25) is 0 Å². The maximum atomic E-state index is 13.0. The predicted molar refractivity (Wildman–Crippen MR) is 90.5 cm³/mol. The number of likely N-dealkylation sites (tertiary alicyclic amines) is 1. The molecule has 0 spiro atoms. The van der Waals surface area contributed by atoms with Gasteiger partial charge in [0.1, 0.15) is 0 Å². The smallest absolute Gasteiger partial charge is 0.254 e. The summed E-state index contributed by atoms with van der Waals surface area (Å²) in [6.45, 7) is 6.00. The average Bonchev–Trinajstić information content (AvgIpc) is 3.11. The molecule has 1 atom stereocenters. The molecule has 5 nitrogen and oxygen atoms in total. The maximum absolute atomic E-state index is 13.0. The lowest BCUT2D eigenvalue weighted by Gasteiger charge is -2.32. The molecule has 23 heavy (non-hydrogen) atoms. The highest BCUT2D eigenvalue weighted by Gasteiger charge is 2.31. The third-order valence-corrected chi connectivity index (χ3v) is 5.03. The summed E-state index contributed by atoms with van der Waals surface area (Å²) in [6.07, 6.45) is 4.66. The van der Waals surface area contributed by atoms with E-state index in [2.05, 4.69) is 15.2 Å². The highest BCUT2D eigenvalue weighted by Crippen LogP contribution is 2.23. The Hall–Kier alpha value is -1.98. The van der Waals surface area contributed by atoms with Crippen molar-refractivity contribution in [2.24, 2.45) is 0 Å². The molecule has 1 N–H and O–H groups in total. The van der Waals surface area contributed by atoms with Crippen LogP contribution in [0.15, 0.2) is 36.7 Å². The van der Waals surface area contributed by atoms with E-state index in [1.807, 2.05) is 35.4 Å². The number of hydrogen-bond donors (Lipinski definition) is 1. The summed E-state index contributed by atoms with van der Waals surface area (Å²) in [7, 11) is 0. The number of piperazine rings is 1. The Kier molecular flexibility index (Phi) is 3.97. The van der Waals surface area contributed by atoms with Gasteiger partial charge in [0.05, 0.1) is 0 Å². The average molecular weight is 310 g/mol. The quantitative estimate of drug-likeness (QED) is 0.910. The van der Waals surface area contributed by atoms with Gasteiger partial charge in [-0.3, -0.25) is 14.7 Å². The highest BCUT2D eigenvalue weighted by molar-refractivity contribution is 6.06. The van der Waals surface area contributed by atoms with Gasteiger partial charge in [-0.2, -0.15) is 0 Å². The summed E-state index contributed by atoms with van der Waals surface area (Å²) in [6, 6.07) is 8.33. The van der Waals surface area contributed by atoms with Gasteiger partial charge in [-0.15, -0.1) is 0 Å². The maximum Gasteiger partial charge on any atom is 0.254 e. The van der Waals surface area contributed by atoms with E-state index in [1.54, 1.807) is 6.20 Å². The van der Waals surface area contributed by atoms with Gasteiger partial charge in [0.25, 0.3) is 5.91 Å². The molecule has 1 amide bonds. The van der Waals surface area contributed by atoms with Crippen LogP contribution in [0.25, 0.3) is 10.8 Å². The molecule has 1 aromatic heterocycles. The van der Waals surface area contributed by atoms with Crippen molar-refractivity contribution in [2.75, 3.05) is 39.3 Å². The van der Waals surface area contributed by atoms with Crippen LogP contribution in [0.5, 0.6) is 0 Å². The fourth-order valence-electron chi connectivity index (χ4n) is 3.75. The second-order valence-corrected chi connectivity index (χ2v) is 6.38. The number of benzene rings is 1. The van der Waals surface area contributed by atoms with Crippen molar-refractivity contribution in [1.29, 1.82) is 0 Å². The van der Waals surface area contributed by atoms with Gasteiger partial charge in [-0.05, 0) is 23.9 Å². The minimum absolute atomic E-state index is 0.152. The topological polar surface area (TPSA) is 48.5 Å². The first-order valence-corrected chi connectivity index (χ1v) is 8.40. The fourth-order valence-corrected chi connectivity index (χ4v) is 3.75. The lowest BCUT2D eigenvalue weighted by Crippen LogP contribution is -2.49. The van der Waals surface area contributed by atoms with Crippen LogP contribution in [0, 0.1) is 0 Å². The third-order valence-electron chi connectivity index (χ3n) is 5.03. The van der Waals surface area contributed by atoms with Gasteiger partial charge < -0.3 is 10.2 Å². The standard InChI is InChI=1S/C18H22N4O/c23-18(17-3-1-2-14-12-20-6-4-16(14)17)22-9-5-15(13-22)21-10-7-19-8-11-21/h1-4,6,12,15,19H,5,7-11,13H2. The second-order valence-electron chi connectivity index (χ2n) is 6.38. The molecule has 2 aliphatic rings. The number of carbonyl (C=O) groups is 1. The predicted octanol–water partition coefficient (Wildman–Crippen LogP) is 1.35. The van der Waals surface area contributed by atoms with Crippen LogP contribution in [0.3, 0.4) is 0 Å². The summed E-state index contributed by atoms with van der Waals surface area (Å²) in [5, 5.41) is 5.41. The molecule has 120 valence electrons. The summed E-state index contributed by atoms with van der Waals surface area (Å²) >= 11 is 0. The van der Waals surface area contributed by atoms with E-state index in [-0.39, 0.29) is 5.91 Å². The molecule has 2 fully saturated rings. The van der Waals surface area contributed by atoms with E-state index in [9.17, 15) is 4.79 Å². The number of amides is 1. The van der Waals surface area contributed by atoms with Crippen molar-refractivity contribution < 1.29 is 4.79 Å². The van der Waals surface area contributed by atoms with Crippen LogP contribution in [0.1, 0.15) is 16.8 Å². The van der Waals surface area contributed by atoms with Crippen LogP contribution in [0.4, 0.5) is 0 Å². The Morgan fingerprint density at radius 2 is 2.04 bits per heavy atom. The van der Waals surface area contributed by atoms with Crippen molar-refractivity contribution in [2.45, 2.75) is 12.5 Å². The number of pyridine rings is 1. The van der Waals surface area contributed by atoms with Crippen molar-refractivity contribution in [3.8, 4) is 0 Å². The van der Waals surface area contributed by atoms with Crippen molar-refractivity contribution in [3.63, 3.8) is 0 Å². The van der Waals surface area contributed by atoms with Crippen molar-refractivity contribution in [1.82, 2.24) is 20.1 Å². The molecule has 0 radical (unpaired) electrons. The number of carbonyl (C=O) groups excluding carboxylic acids is 1. The van der Waals surface area contributed by atoms with Gasteiger partial charge >= 0.3 is 0 Å². The SMILES string of the molecule is O=C(c1cccc2cnccc12)N1CCC(N2CCNCC2)C1. The Morgan fingerprint density at radius 3 is 2.91 bits per heavy atom. The minimum Gasteiger partial charge on any atom is -0.337 e. The Labute approximate surface area is 136 Å². The molecule has 0 aliphatic carbocycles. The molecule has 1 unspecified atom stereocenters. The largest absolute Gasteiger partial charge is 0.337 e. The Morgan fingerprint density at radius 1 is 1.17 bits per heavy atom. The second kappa shape index (κ2) is 6.26. The lowest BCUT2D eigenvalue weighted by atomic mass is 10.1. The van der Waals surface area contributed by atoms with Crippen LogP contribution in [-0.2, 0) is 0 Å². The van der Waals surface area contributed by atoms with Gasteiger partial charge in [-0.1, -0.05) is 12.1 Å². The first-order chi connectivity index (χ1) is 11.3. The molecular formula is C18H22N4O. The first kappa shape index (κ1) is 14.6. The number of fused-ring (bicyclic) bond motifs is 1. The number of aromatic nitrogens is 1. The fraction of sp³-hybridized carbons (Fsp3) is 0.444. The van der Waals surface area contributed by atoms with E-state index in [4.69, 9.17) is 0 Å². The van der Waals surface area contributed by atoms with Crippen LogP contribution >= 0.6 is 0 Å². The summed E-state index contributed by atoms with van der Waals surface area (Å²) in [5.41, 5.74) is 0.797. The molecule has 0 bridgehead atoms. The van der Waals surface area contributed by atoms with E-state index in [0.717, 1.165) is 62.0 Å². The molecule has 2 saturated heterocycles. The monoisotopic (exact) mass is 310 g/mol. The number of nitrogens with zero attached hydrogens (tertiary/aromatic N) is 3. The van der Waals surface area contributed by atoms with Gasteiger partial charge in [-0.25, -0.2) is 0 Å². The third kappa shape index (κ3) is 2.82. The molecule has 1 aromatic carbocycles. The summed E-state index contributed by atoms with van der Waals surface area (Å²) in [4.78, 5) is 21.7. The minimum atomic E-state index is 0.152. The van der Waals surface area contributed by atoms with Gasteiger partial charge in [0.15, 0.2) is 0 Å². The Bertz CT molecular complexity index is 706. The van der Waals surface area contributed by atoms with Crippen LogP contribution < -0.4 is 5.32 Å². The van der Waals surface area contributed by atoms with Crippen molar-refractivity contribution >= 4 is 16.7 Å². The first-order valence-electron chi connectivity index (χ1n) is 8.40. The number of nitrogens with one attached hydrogen (secondary N) is 1. The molecule has 2 aromatic rings. The zero-order valence-electron chi connectivity index (χ0n) is 13.2. The Balaban J connectivity index is 1.53. The molecule has 2 aliphatic heterocycles. The molecule has 4 rings (SSSR count). The zero-order chi connectivity index (χ0) is 15.6. The molecular weight excluding hydrogens is 288 g/mol. The highest BCUT2D eigenvalue weighted by atomic mass is 16.2. The molecule has 5 heteroatoms. The van der Waals surface area contributed by atoms with E-state index in [0.29, 0.717) is 6.04 Å². The van der Waals surface area contributed by atoms with E-state index in [1.165, 1.54) is 0 Å². The number of hydrogen-bond acceptors (Lipinski definition) is 4. The lowest BCUT2D eigenvalue weighted by molar-refractivity contribution is 0.0775. The molecule has 0 saturated carbocycles. The van der Waals surface area contributed by atoms with Crippen LogP contribution in [-0.4, -0.2) is 66.0 Å². The summed E-state index contributed by atoms with van der Waals surface area (Å²) in [5.74, 6) is 0.152. The van der Waals surface area contributed by atoms with E-state index >= 15 is 0 Å². The summed E-state index contributed by atoms with van der Waals surface area (Å²) < 4.78 is 0.